The van der Waals surface area contributed by atoms with Gasteiger partial charge in [-0.15, -0.1) is 0 Å². The van der Waals surface area contributed by atoms with Gasteiger partial charge in [-0.2, -0.15) is 0 Å². The molecule has 128 valence electrons. The molecule has 5 heteroatoms. The van der Waals surface area contributed by atoms with E-state index in [9.17, 15) is 9.59 Å². The van der Waals surface area contributed by atoms with Crippen molar-refractivity contribution in [1.82, 2.24) is 10.6 Å². The van der Waals surface area contributed by atoms with Gasteiger partial charge in [-0.05, 0) is 54.3 Å². The van der Waals surface area contributed by atoms with Crippen LogP contribution in [0.3, 0.4) is 0 Å². The lowest BCUT2D eigenvalue weighted by Crippen LogP contribution is -2.38. The van der Waals surface area contributed by atoms with Crippen LogP contribution in [0.1, 0.15) is 39.5 Å². The summed E-state index contributed by atoms with van der Waals surface area (Å²) < 4.78 is 0. The highest BCUT2D eigenvalue weighted by molar-refractivity contribution is 5.97. The molecule has 1 unspecified atom stereocenters. The minimum atomic E-state index is -0.0791. The van der Waals surface area contributed by atoms with Crippen LogP contribution in [0.4, 0.5) is 5.69 Å². The van der Waals surface area contributed by atoms with Gasteiger partial charge in [-0.25, -0.2) is 0 Å². The highest BCUT2D eigenvalue weighted by Gasteiger charge is 2.21. The Morgan fingerprint density at radius 2 is 1.96 bits per heavy atom. The molecule has 1 atom stereocenters. The molecule has 3 N–H and O–H groups in total. The summed E-state index contributed by atoms with van der Waals surface area (Å²) in [7, 11) is 0. The SMILES string of the molecule is O=C1CCc2cc(C(=O)NCC3NCCc4ccccc43)ccc2N1. The van der Waals surface area contributed by atoms with Crippen molar-refractivity contribution >= 4 is 17.5 Å². The summed E-state index contributed by atoms with van der Waals surface area (Å²) in [4.78, 5) is 23.9. The first kappa shape index (κ1) is 15.8. The van der Waals surface area contributed by atoms with E-state index in [1.807, 2.05) is 18.2 Å². The summed E-state index contributed by atoms with van der Waals surface area (Å²) in [5.74, 6) is -0.0451. The second-order valence-corrected chi connectivity index (χ2v) is 6.59. The molecule has 5 nitrogen and oxygen atoms in total. The van der Waals surface area contributed by atoms with Crippen molar-refractivity contribution in [3.63, 3.8) is 0 Å². The van der Waals surface area contributed by atoms with E-state index in [1.54, 1.807) is 6.07 Å². The van der Waals surface area contributed by atoms with Gasteiger partial charge in [0.1, 0.15) is 0 Å². The molecule has 2 aromatic rings. The summed E-state index contributed by atoms with van der Waals surface area (Å²) in [5, 5.41) is 9.35. The van der Waals surface area contributed by atoms with E-state index in [2.05, 4.69) is 34.1 Å². The van der Waals surface area contributed by atoms with Crippen molar-refractivity contribution in [2.24, 2.45) is 0 Å². The van der Waals surface area contributed by atoms with Gasteiger partial charge in [-0.3, -0.25) is 9.59 Å². The number of rotatable bonds is 3. The van der Waals surface area contributed by atoms with Crippen LogP contribution in [0.2, 0.25) is 0 Å². The number of carbonyl (C=O) groups excluding carboxylic acids is 2. The van der Waals surface area contributed by atoms with Crippen molar-refractivity contribution in [1.29, 1.82) is 0 Å². The second-order valence-electron chi connectivity index (χ2n) is 6.59. The maximum absolute atomic E-state index is 12.5. The molecular formula is C20H21N3O2. The van der Waals surface area contributed by atoms with E-state index in [-0.39, 0.29) is 17.9 Å². The Bertz CT molecular complexity index is 831. The van der Waals surface area contributed by atoms with Gasteiger partial charge in [0.2, 0.25) is 5.91 Å². The molecule has 0 spiro atoms. The molecule has 25 heavy (non-hydrogen) atoms. The third kappa shape index (κ3) is 3.28. The van der Waals surface area contributed by atoms with Crippen LogP contribution < -0.4 is 16.0 Å². The van der Waals surface area contributed by atoms with E-state index in [0.29, 0.717) is 24.9 Å². The molecule has 2 heterocycles. The van der Waals surface area contributed by atoms with Crippen LogP contribution in [0, 0.1) is 0 Å². The first-order valence-corrected chi connectivity index (χ1v) is 8.73. The maximum atomic E-state index is 12.5. The van der Waals surface area contributed by atoms with Gasteiger partial charge in [0.15, 0.2) is 0 Å². The number of anilines is 1. The van der Waals surface area contributed by atoms with Crippen molar-refractivity contribution in [3.8, 4) is 0 Å². The van der Waals surface area contributed by atoms with Crippen LogP contribution >= 0.6 is 0 Å². The maximum Gasteiger partial charge on any atom is 0.251 e. The van der Waals surface area contributed by atoms with Crippen LogP contribution in [-0.4, -0.2) is 24.9 Å². The smallest absolute Gasteiger partial charge is 0.251 e. The van der Waals surface area contributed by atoms with Crippen molar-refractivity contribution < 1.29 is 9.59 Å². The molecule has 2 aliphatic rings. The average molecular weight is 335 g/mol. The molecule has 0 fully saturated rings. The largest absolute Gasteiger partial charge is 0.350 e. The van der Waals surface area contributed by atoms with Gasteiger partial charge >= 0.3 is 0 Å². The van der Waals surface area contributed by atoms with E-state index < -0.39 is 0 Å². The van der Waals surface area contributed by atoms with Gasteiger partial charge < -0.3 is 16.0 Å². The first-order chi connectivity index (χ1) is 12.2. The summed E-state index contributed by atoms with van der Waals surface area (Å²) in [6, 6.07) is 14.0. The summed E-state index contributed by atoms with van der Waals surface area (Å²) in [5.41, 5.74) is 5.09. The Balaban J connectivity index is 1.44. The standard InChI is InChI=1S/C20H21N3O2/c24-19-8-6-14-11-15(5-7-17(14)23-19)20(25)22-12-18-16-4-2-1-3-13(16)9-10-21-18/h1-5,7,11,18,21H,6,8-10,12H2,(H,22,25)(H,23,24). The fourth-order valence-electron chi connectivity index (χ4n) is 3.60. The minimum absolute atomic E-state index is 0.0340. The summed E-state index contributed by atoms with van der Waals surface area (Å²) >= 11 is 0. The number of carbonyl (C=O) groups is 2. The number of benzene rings is 2. The molecule has 2 amide bonds. The average Bonchev–Trinajstić information content (AvgIpc) is 2.65. The van der Waals surface area contributed by atoms with Crippen LogP contribution in [0.25, 0.3) is 0 Å². The van der Waals surface area contributed by atoms with Gasteiger partial charge in [-0.1, -0.05) is 24.3 Å². The number of nitrogens with one attached hydrogen (secondary N) is 3. The van der Waals surface area contributed by atoms with E-state index >= 15 is 0 Å². The number of hydrogen-bond acceptors (Lipinski definition) is 3. The highest BCUT2D eigenvalue weighted by Crippen LogP contribution is 2.24. The van der Waals surface area contributed by atoms with Crippen LogP contribution in [0.15, 0.2) is 42.5 Å². The van der Waals surface area contributed by atoms with Gasteiger partial charge in [0.25, 0.3) is 5.91 Å². The summed E-state index contributed by atoms with van der Waals surface area (Å²) in [6.45, 7) is 1.49. The Morgan fingerprint density at radius 1 is 1.08 bits per heavy atom. The number of amides is 2. The molecular weight excluding hydrogens is 314 g/mol. The van der Waals surface area contributed by atoms with Crippen LogP contribution in [-0.2, 0) is 17.6 Å². The zero-order chi connectivity index (χ0) is 17.2. The molecule has 0 aliphatic carbocycles. The van der Waals surface area contributed by atoms with Gasteiger partial charge in [0.05, 0.1) is 0 Å². The molecule has 2 aliphatic heterocycles. The Kier molecular flexibility index (Phi) is 4.24. The molecule has 2 aromatic carbocycles. The molecule has 0 saturated carbocycles. The van der Waals surface area contributed by atoms with Gasteiger partial charge in [0, 0.05) is 30.3 Å². The lowest BCUT2D eigenvalue weighted by molar-refractivity contribution is -0.116. The topological polar surface area (TPSA) is 70.2 Å². The van der Waals surface area contributed by atoms with Crippen LogP contribution in [0.5, 0.6) is 0 Å². The number of hydrogen-bond donors (Lipinski definition) is 3. The molecule has 0 bridgehead atoms. The second kappa shape index (κ2) is 6.69. The normalized spacial score (nSPS) is 18.7. The fourth-order valence-corrected chi connectivity index (χ4v) is 3.60. The Morgan fingerprint density at radius 3 is 2.88 bits per heavy atom. The predicted molar refractivity (Wildman–Crippen MR) is 96.6 cm³/mol. The van der Waals surface area contributed by atoms with Crippen molar-refractivity contribution in [2.75, 3.05) is 18.4 Å². The zero-order valence-corrected chi connectivity index (χ0v) is 14.0. The lowest BCUT2D eigenvalue weighted by atomic mass is 9.94. The first-order valence-electron chi connectivity index (χ1n) is 8.73. The van der Waals surface area contributed by atoms with E-state index in [0.717, 1.165) is 24.2 Å². The third-order valence-electron chi connectivity index (χ3n) is 4.95. The van der Waals surface area contributed by atoms with Crippen molar-refractivity contribution in [3.05, 3.63) is 64.7 Å². The number of fused-ring (bicyclic) bond motifs is 2. The Hall–Kier alpha value is -2.66. The molecule has 0 radical (unpaired) electrons. The minimum Gasteiger partial charge on any atom is -0.350 e. The van der Waals surface area contributed by atoms with E-state index in [4.69, 9.17) is 0 Å². The Labute approximate surface area is 146 Å². The summed E-state index contributed by atoms with van der Waals surface area (Å²) in [6.07, 6.45) is 2.18. The predicted octanol–water partition coefficient (Wildman–Crippen LogP) is 2.19. The zero-order valence-electron chi connectivity index (χ0n) is 14.0. The molecule has 0 aromatic heterocycles. The third-order valence-corrected chi connectivity index (χ3v) is 4.95. The molecule has 0 saturated heterocycles. The fraction of sp³-hybridized carbons (Fsp3) is 0.300. The molecule has 4 rings (SSSR count). The quantitative estimate of drug-likeness (QED) is 0.805. The monoisotopic (exact) mass is 335 g/mol. The van der Waals surface area contributed by atoms with E-state index in [1.165, 1.54) is 11.1 Å². The highest BCUT2D eigenvalue weighted by atomic mass is 16.2. The lowest BCUT2D eigenvalue weighted by Gasteiger charge is -2.27. The van der Waals surface area contributed by atoms with Crippen molar-refractivity contribution in [2.45, 2.75) is 25.3 Å². The number of aryl methyl sites for hydroxylation is 1.